The van der Waals surface area contributed by atoms with E-state index in [4.69, 9.17) is 5.73 Å². The van der Waals surface area contributed by atoms with Crippen LogP contribution in [0.5, 0.6) is 0 Å². The lowest BCUT2D eigenvalue weighted by atomic mass is 9.89. The van der Waals surface area contributed by atoms with Crippen LogP contribution in [-0.4, -0.2) is 54.7 Å². The third-order valence-corrected chi connectivity index (χ3v) is 5.86. The van der Waals surface area contributed by atoms with Crippen LogP contribution in [0.3, 0.4) is 0 Å². The molecule has 2 saturated heterocycles. The molecule has 1 aromatic rings. The van der Waals surface area contributed by atoms with Crippen molar-refractivity contribution in [3.8, 4) is 0 Å². The van der Waals surface area contributed by atoms with Gasteiger partial charge in [0.2, 0.25) is 0 Å². The van der Waals surface area contributed by atoms with Crippen LogP contribution in [0.15, 0.2) is 30.3 Å². The molecule has 0 aliphatic carbocycles. The van der Waals surface area contributed by atoms with Gasteiger partial charge in [-0.25, -0.2) is 0 Å². The molecule has 0 unspecified atom stereocenters. The van der Waals surface area contributed by atoms with Gasteiger partial charge in [0.1, 0.15) is 0 Å². The van der Waals surface area contributed by atoms with Crippen LogP contribution in [0.4, 0.5) is 5.69 Å². The van der Waals surface area contributed by atoms with E-state index in [0.717, 1.165) is 32.7 Å². The van der Waals surface area contributed by atoms with Gasteiger partial charge in [0.15, 0.2) is 0 Å². The van der Waals surface area contributed by atoms with E-state index >= 15 is 0 Å². The van der Waals surface area contributed by atoms with E-state index in [9.17, 15) is 0 Å². The molecule has 4 heteroatoms. The first kappa shape index (κ1) is 14.2. The summed E-state index contributed by atoms with van der Waals surface area (Å²) in [6.07, 6.45) is 2.53. The second-order valence-corrected chi connectivity index (χ2v) is 7.08. The number of thioether (sulfide) groups is 1. The van der Waals surface area contributed by atoms with Crippen molar-refractivity contribution in [3.05, 3.63) is 30.3 Å². The highest BCUT2D eigenvalue weighted by atomic mass is 32.2. The fraction of sp³-hybridized carbons (Fsp3) is 0.625. The van der Waals surface area contributed by atoms with Crippen LogP contribution in [0.1, 0.15) is 12.8 Å². The van der Waals surface area contributed by atoms with Crippen LogP contribution < -0.4 is 10.6 Å². The van der Waals surface area contributed by atoms with Crippen LogP contribution in [0, 0.1) is 0 Å². The van der Waals surface area contributed by atoms with Gasteiger partial charge in [-0.2, -0.15) is 11.8 Å². The largest absolute Gasteiger partial charge is 0.369 e. The second-order valence-electron chi connectivity index (χ2n) is 5.85. The molecule has 2 aliphatic heterocycles. The number of nitrogens with two attached hydrogens (primary N) is 1. The zero-order valence-corrected chi connectivity index (χ0v) is 12.9. The first-order valence-electron chi connectivity index (χ1n) is 7.67. The van der Waals surface area contributed by atoms with Gasteiger partial charge in [0.25, 0.3) is 0 Å². The summed E-state index contributed by atoms with van der Waals surface area (Å²) in [5.41, 5.74) is 7.79. The van der Waals surface area contributed by atoms with Crippen molar-refractivity contribution in [1.29, 1.82) is 0 Å². The highest BCUT2D eigenvalue weighted by Gasteiger charge is 2.38. The van der Waals surface area contributed by atoms with E-state index in [2.05, 4.69) is 51.9 Å². The number of hydrogen-bond donors (Lipinski definition) is 1. The van der Waals surface area contributed by atoms with Crippen LogP contribution in [0.25, 0.3) is 0 Å². The van der Waals surface area contributed by atoms with E-state index in [-0.39, 0.29) is 5.54 Å². The molecule has 1 aromatic carbocycles. The van der Waals surface area contributed by atoms with Gasteiger partial charge < -0.3 is 10.6 Å². The Kier molecular flexibility index (Phi) is 4.54. The predicted octanol–water partition coefficient (Wildman–Crippen LogP) is 2.03. The zero-order chi connectivity index (χ0) is 13.8. The normalized spacial score (nSPS) is 23.8. The quantitative estimate of drug-likeness (QED) is 0.924. The lowest BCUT2D eigenvalue weighted by Crippen LogP contribution is -2.61. The lowest BCUT2D eigenvalue weighted by molar-refractivity contribution is 0.0783. The van der Waals surface area contributed by atoms with Crippen molar-refractivity contribution in [3.63, 3.8) is 0 Å². The molecular weight excluding hydrogens is 266 g/mol. The van der Waals surface area contributed by atoms with Crippen molar-refractivity contribution in [2.75, 3.05) is 49.1 Å². The molecule has 0 bridgehead atoms. The molecule has 3 rings (SSSR count). The fourth-order valence-corrected chi connectivity index (χ4v) is 4.73. The molecular formula is C16H25N3S. The second kappa shape index (κ2) is 6.37. The van der Waals surface area contributed by atoms with E-state index in [1.165, 1.54) is 30.0 Å². The van der Waals surface area contributed by atoms with Gasteiger partial charge in [0, 0.05) is 44.0 Å². The summed E-state index contributed by atoms with van der Waals surface area (Å²) in [6.45, 7) is 5.37. The zero-order valence-electron chi connectivity index (χ0n) is 12.1. The first-order valence-corrected chi connectivity index (χ1v) is 8.82. The third-order valence-electron chi connectivity index (χ3n) is 4.88. The van der Waals surface area contributed by atoms with Crippen LogP contribution >= 0.6 is 11.8 Å². The van der Waals surface area contributed by atoms with E-state index in [1.54, 1.807) is 0 Å². The Bertz CT molecular complexity index is 409. The number of benzene rings is 1. The molecule has 3 nitrogen and oxygen atoms in total. The maximum absolute atomic E-state index is 6.15. The van der Waals surface area contributed by atoms with E-state index < -0.39 is 0 Å². The Morgan fingerprint density at radius 1 is 1.00 bits per heavy atom. The minimum Gasteiger partial charge on any atom is -0.369 e. The Labute approximate surface area is 126 Å². The van der Waals surface area contributed by atoms with Gasteiger partial charge in [0.05, 0.1) is 0 Å². The molecule has 2 fully saturated rings. The summed E-state index contributed by atoms with van der Waals surface area (Å²) in [6, 6.07) is 10.8. The van der Waals surface area contributed by atoms with Crippen molar-refractivity contribution in [2.45, 2.75) is 18.4 Å². The maximum Gasteiger partial charge on any atom is 0.0367 e. The van der Waals surface area contributed by atoms with Crippen LogP contribution in [0.2, 0.25) is 0 Å². The van der Waals surface area contributed by atoms with Crippen molar-refractivity contribution in [2.24, 2.45) is 5.73 Å². The first-order chi connectivity index (χ1) is 9.84. The van der Waals surface area contributed by atoms with E-state index in [0.29, 0.717) is 0 Å². The highest BCUT2D eigenvalue weighted by Crippen LogP contribution is 2.33. The van der Waals surface area contributed by atoms with Gasteiger partial charge in [-0.05, 0) is 36.5 Å². The third kappa shape index (κ3) is 2.83. The molecule has 0 atom stereocenters. The Morgan fingerprint density at radius 2 is 1.65 bits per heavy atom. The smallest absolute Gasteiger partial charge is 0.0367 e. The van der Waals surface area contributed by atoms with Crippen molar-refractivity contribution in [1.82, 2.24) is 4.90 Å². The number of rotatable bonds is 3. The molecule has 2 N–H and O–H groups in total. The minimum absolute atomic E-state index is 0.286. The molecule has 2 aliphatic rings. The summed E-state index contributed by atoms with van der Waals surface area (Å²) in [7, 11) is 0. The molecule has 0 spiro atoms. The van der Waals surface area contributed by atoms with E-state index in [1.807, 2.05) is 0 Å². The molecule has 20 heavy (non-hydrogen) atoms. The predicted molar refractivity (Wildman–Crippen MR) is 88.6 cm³/mol. The molecule has 2 heterocycles. The number of nitrogens with zero attached hydrogens (tertiary/aromatic N) is 2. The average molecular weight is 291 g/mol. The lowest BCUT2D eigenvalue weighted by Gasteiger charge is -2.49. The minimum atomic E-state index is 0.286. The molecule has 0 saturated carbocycles. The maximum atomic E-state index is 6.15. The topological polar surface area (TPSA) is 32.5 Å². The molecule has 0 amide bonds. The molecule has 110 valence electrons. The van der Waals surface area contributed by atoms with Gasteiger partial charge in [-0.15, -0.1) is 0 Å². The van der Waals surface area contributed by atoms with Gasteiger partial charge in [-0.3, -0.25) is 4.90 Å². The van der Waals surface area contributed by atoms with Crippen molar-refractivity contribution >= 4 is 17.4 Å². The standard InChI is InChI=1S/C16H25N3S/c17-14-16(6-12-20-13-7-16)19-10-8-18(9-11-19)15-4-2-1-3-5-15/h1-5H,6-14,17H2. The average Bonchev–Trinajstić information content (AvgIpc) is 2.56. The fourth-order valence-electron chi connectivity index (χ4n) is 3.48. The SMILES string of the molecule is NCC1(N2CCN(c3ccccc3)CC2)CCSCC1. The van der Waals surface area contributed by atoms with Gasteiger partial charge >= 0.3 is 0 Å². The number of para-hydroxylation sites is 1. The summed E-state index contributed by atoms with van der Waals surface area (Å²) in [5, 5.41) is 0. The number of anilines is 1. The monoisotopic (exact) mass is 291 g/mol. The summed E-state index contributed by atoms with van der Waals surface area (Å²) in [4.78, 5) is 5.17. The molecule has 0 radical (unpaired) electrons. The molecule has 0 aromatic heterocycles. The summed E-state index contributed by atoms with van der Waals surface area (Å²) < 4.78 is 0. The number of piperazine rings is 1. The number of hydrogen-bond acceptors (Lipinski definition) is 4. The Hall–Kier alpha value is -0.710. The van der Waals surface area contributed by atoms with Crippen molar-refractivity contribution < 1.29 is 0 Å². The van der Waals surface area contributed by atoms with Gasteiger partial charge in [-0.1, -0.05) is 18.2 Å². The Morgan fingerprint density at radius 3 is 2.25 bits per heavy atom. The Balaban J connectivity index is 1.63. The van der Waals surface area contributed by atoms with Crippen LogP contribution in [-0.2, 0) is 0 Å². The highest BCUT2D eigenvalue weighted by molar-refractivity contribution is 7.99. The summed E-state index contributed by atoms with van der Waals surface area (Å²) in [5.74, 6) is 2.55. The summed E-state index contributed by atoms with van der Waals surface area (Å²) >= 11 is 2.08.